The number of rotatable bonds is 7. The van der Waals surface area contributed by atoms with Gasteiger partial charge in [0, 0.05) is 24.0 Å². The number of amides is 1. The summed E-state index contributed by atoms with van der Waals surface area (Å²) in [5.41, 5.74) is 0.483. The Balaban J connectivity index is 2.97. The molecular weight excluding hydrogens is 285 g/mol. The van der Waals surface area contributed by atoms with Crippen molar-refractivity contribution in [3.8, 4) is 5.75 Å². The van der Waals surface area contributed by atoms with Crippen molar-refractivity contribution in [2.75, 3.05) is 26.1 Å². The van der Waals surface area contributed by atoms with Gasteiger partial charge < -0.3 is 9.64 Å². The molecule has 1 aromatic carbocycles. The molecule has 0 aliphatic heterocycles. The second-order valence-corrected chi connectivity index (χ2v) is 4.99. The molecule has 0 heterocycles. The second kappa shape index (κ2) is 8.28. The number of benzene rings is 1. The van der Waals surface area contributed by atoms with Crippen LogP contribution < -0.4 is 4.74 Å². The highest BCUT2D eigenvalue weighted by Crippen LogP contribution is 2.24. The van der Waals surface area contributed by atoms with Crippen molar-refractivity contribution in [3.05, 3.63) is 28.8 Å². The number of nitrogens with zero attached hydrogens (tertiary/aromatic N) is 1. The van der Waals surface area contributed by atoms with Crippen LogP contribution in [0.25, 0.3) is 0 Å². The third-order valence-electron chi connectivity index (χ3n) is 2.82. The lowest BCUT2D eigenvalue weighted by Gasteiger charge is -2.22. The second-order valence-electron chi connectivity index (χ2n) is 4.18. The fourth-order valence-electron chi connectivity index (χ4n) is 1.78. The smallest absolute Gasteiger partial charge is 0.257 e. The van der Waals surface area contributed by atoms with Gasteiger partial charge in [-0.25, -0.2) is 0 Å². The molecule has 0 atom stereocenters. The van der Waals surface area contributed by atoms with E-state index in [1.54, 1.807) is 23.1 Å². The van der Waals surface area contributed by atoms with Gasteiger partial charge in [-0.1, -0.05) is 24.9 Å². The fraction of sp³-hybridized carbons (Fsp3) is 0.500. The summed E-state index contributed by atoms with van der Waals surface area (Å²) < 4.78 is 5.22. The topological polar surface area (TPSA) is 29.5 Å². The standard InChI is InChI=1S/C14H19Cl2NO2/c1-3-4-8-17(9-7-15)14(18)12-10-11(16)5-6-13(12)19-2/h5-6,10H,3-4,7-9H2,1-2H3. The summed E-state index contributed by atoms with van der Waals surface area (Å²) in [6.07, 6.45) is 1.98. The van der Waals surface area contributed by atoms with Gasteiger partial charge in [0.2, 0.25) is 0 Å². The van der Waals surface area contributed by atoms with Gasteiger partial charge in [-0.2, -0.15) is 0 Å². The number of carbonyl (C=O) groups is 1. The van der Waals surface area contributed by atoms with E-state index >= 15 is 0 Å². The van der Waals surface area contributed by atoms with E-state index in [1.807, 2.05) is 0 Å². The number of hydrogen-bond acceptors (Lipinski definition) is 2. The minimum absolute atomic E-state index is 0.0894. The van der Waals surface area contributed by atoms with Crippen LogP contribution >= 0.6 is 23.2 Å². The molecule has 0 aromatic heterocycles. The number of methoxy groups -OCH3 is 1. The van der Waals surface area contributed by atoms with Crippen LogP contribution in [0, 0.1) is 0 Å². The predicted molar refractivity (Wildman–Crippen MR) is 79.5 cm³/mol. The molecule has 0 N–H and O–H groups in total. The average Bonchev–Trinajstić information content (AvgIpc) is 2.42. The van der Waals surface area contributed by atoms with Crippen LogP contribution in [0.4, 0.5) is 0 Å². The van der Waals surface area contributed by atoms with Crippen molar-refractivity contribution < 1.29 is 9.53 Å². The number of ether oxygens (including phenoxy) is 1. The van der Waals surface area contributed by atoms with Gasteiger partial charge in [-0.3, -0.25) is 4.79 Å². The quantitative estimate of drug-likeness (QED) is 0.717. The first-order valence-electron chi connectivity index (χ1n) is 6.32. The van der Waals surface area contributed by atoms with Crippen molar-refractivity contribution >= 4 is 29.1 Å². The lowest BCUT2D eigenvalue weighted by atomic mass is 10.1. The van der Waals surface area contributed by atoms with E-state index in [0.29, 0.717) is 35.3 Å². The Morgan fingerprint density at radius 2 is 2.11 bits per heavy atom. The molecule has 0 aliphatic carbocycles. The molecule has 1 aromatic rings. The first kappa shape index (κ1) is 16.1. The molecule has 106 valence electrons. The highest BCUT2D eigenvalue weighted by atomic mass is 35.5. The molecule has 1 amide bonds. The van der Waals surface area contributed by atoms with Crippen LogP contribution in [0.5, 0.6) is 5.75 Å². The summed E-state index contributed by atoms with van der Waals surface area (Å²) in [4.78, 5) is 14.2. The zero-order valence-corrected chi connectivity index (χ0v) is 12.8. The number of halogens is 2. The third-order valence-corrected chi connectivity index (χ3v) is 3.22. The maximum Gasteiger partial charge on any atom is 0.257 e. The van der Waals surface area contributed by atoms with Gasteiger partial charge in [-0.05, 0) is 24.6 Å². The molecule has 0 bridgehead atoms. The highest BCUT2D eigenvalue weighted by molar-refractivity contribution is 6.31. The van der Waals surface area contributed by atoms with E-state index in [0.717, 1.165) is 12.8 Å². The molecule has 1 rings (SSSR count). The van der Waals surface area contributed by atoms with E-state index in [4.69, 9.17) is 27.9 Å². The third kappa shape index (κ3) is 4.59. The van der Waals surface area contributed by atoms with Crippen LogP contribution in [0.3, 0.4) is 0 Å². The van der Waals surface area contributed by atoms with Crippen molar-refractivity contribution in [1.29, 1.82) is 0 Å². The SMILES string of the molecule is CCCCN(CCCl)C(=O)c1cc(Cl)ccc1OC. The number of hydrogen-bond donors (Lipinski definition) is 0. The van der Waals surface area contributed by atoms with Gasteiger partial charge in [0.25, 0.3) is 5.91 Å². The lowest BCUT2D eigenvalue weighted by Crippen LogP contribution is -2.34. The van der Waals surface area contributed by atoms with E-state index in [9.17, 15) is 4.79 Å². The Bertz CT molecular complexity index is 424. The maximum absolute atomic E-state index is 12.5. The van der Waals surface area contributed by atoms with Crippen LogP contribution in [0.15, 0.2) is 18.2 Å². The number of alkyl halides is 1. The highest BCUT2D eigenvalue weighted by Gasteiger charge is 2.19. The van der Waals surface area contributed by atoms with E-state index in [2.05, 4.69) is 6.92 Å². The molecule has 0 spiro atoms. The Morgan fingerprint density at radius 3 is 2.68 bits per heavy atom. The molecule has 0 saturated heterocycles. The molecule has 0 aliphatic rings. The van der Waals surface area contributed by atoms with Crippen LogP contribution in [-0.2, 0) is 0 Å². The molecule has 0 fully saturated rings. The molecule has 0 saturated carbocycles. The van der Waals surface area contributed by atoms with Crippen molar-refractivity contribution in [3.63, 3.8) is 0 Å². The first-order chi connectivity index (χ1) is 9.13. The van der Waals surface area contributed by atoms with Crippen LogP contribution in [0.1, 0.15) is 30.1 Å². The summed E-state index contributed by atoms with van der Waals surface area (Å²) in [7, 11) is 1.54. The molecule has 0 unspecified atom stereocenters. The first-order valence-corrected chi connectivity index (χ1v) is 7.24. The Kier molecular flexibility index (Phi) is 7.03. The minimum atomic E-state index is -0.0894. The van der Waals surface area contributed by atoms with E-state index in [1.165, 1.54) is 7.11 Å². The summed E-state index contributed by atoms with van der Waals surface area (Å²) in [5, 5.41) is 0.519. The zero-order valence-electron chi connectivity index (χ0n) is 11.3. The fourth-order valence-corrected chi connectivity index (χ4v) is 2.16. The largest absolute Gasteiger partial charge is 0.496 e. The monoisotopic (exact) mass is 303 g/mol. The predicted octanol–water partition coefficient (Wildman–Crippen LogP) is 3.83. The van der Waals surface area contributed by atoms with Crippen molar-refractivity contribution in [2.24, 2.45) is 0 Å². The van der Waals surface area contributed by atoms with Gasteiger partial charge >= 0.3 is 0 Å². The molecule has 5 heteroatoms. The maximum atomic E-state index is 12.5. The normalized spacial score (nSPS) is 10.3. The summed E-state index contributed by atoms with van der Waals surface area (Å²) in [5.74, 6) is 0.858. The summed E-state index contributed by atoms with van der Waals surface area (Å²) in [6, 6.07) is 5.04. The molecule has 3 nitrogen and oxygen atoms in total. The Labute approximate surface area is 124 Å². The zero-order chi connectivity index (χ0) is 14.3. The van der Waals surface area contributed by atoms with Gasteiger partial charge in [0.15, 0.2) is 0 Å². The summed E-state index contributed by atoms with van der Waals surface area (Å²) >= 11 is 11.7. The Hall–Kier alpha value is -0.930. The van der Waals surface area contributed by atoms with Crippen LogP contribution in [-0.4, -0.2) is 36.9 Å². The number of carbonyl (C=O) groups excluding carboxylic acids is 1. The van der Waals surface area contributed by atoms with Gasteiger partial charge in [-0.15, -0.1) is 11.6 Å². The average molecular weight is 304 g/mol. The number of unbranched alkanes of at least 4 members (excludes halogenated alkanes) is 1. The van der Waals surface area contributed by atoms with Crippen LogP contribution in [0.2, 0.25) is 5.02 Å². The van der Waals surface area contributed by atoms with E-state index < -0.39 is 0 Å². The van der Waals surface area contributed by atoms with Gasteiger partial charge in [0.1, 0.15) is 5.75 Å². The van der Waals surface area contributed by atoms with Gasteiger partial charge in [0.05, 0.1) is 12.7 Å². The molecule has 0 radical (unpaired) electrons. The van der Waals surface area contributed by atoms with Crippen molar-refractivity contribution in [1.82, 2.24) is 4.90 Å². The molecule has 19 heavy (non-hydrogen) atoms. The minimum Gasteiger partial charge on any atom is -0.496 e. The van der Waals surface area contributed by atoms with Crippen molar-refractivity contribution in [2.45, 2.75) is 19.8 Å². The Morgan fingerprint density at radius 1 is 1.37 bits per heavy atom. The van der Waals surface area contributed by atoms with E-state index in [-0.39, 0.29) is 5.91 Å². The lowest BCUT2D eigenvalue weighted by molar-refractivity contribution is 0.0760. The molecular formula is C14H19Cl2NO2. The summed E-state index contributed by atoms with van der Waals surface area (Å²) in [6.45, 7) is 3.30.